The predicted molar refractivity (Wildman–Crippen MR) is 74.4 cm³/mol. The van der Waals surface area contributed by atoms with Crippen molar-refractivity contribution < 1.29 is 14.6 Å². The zero-order valence-electron chi connectivity index (χ0n) is 10.8. The lowest BCUT2D eigenvalue weighted by Crippen LogP contribution is -1.97. The summed E-state index contributed by atoms with van der Waals surface area (Å²) in [6.45, 7) is 1.99. The molecule has 0 aliphatic carbocycles. The van der Waals surface area contributed by atoms with Crippen LogP contribution in [0.25, 0.3) is 0 Å². The molecule has 0 aromatic heterocycles. The molecule has 2 aromatic carbocycles. The number of nitrogens with one attached hydrogen (secondary N) is 1. The number of aryl methyl sites for hydroxylation is 1. The van der Waals surface area contributed by atoms with Gasteiger partial charge in [-0.1, -0.05) is 6.07 Å². The topological polar surface area (TPSA) is 58.6 Å². The van der Waals surface area contributed by atoms with Gasteiger partial charge < -0.3 is 15.2 Å². The highest BCUT2D eigenvalue weighted by molar-refractivity contribution is 5.88. The molecule has 0 atom stereocenters. The maximum atomic E-state index is 10.8. The van der Waals surface area contributed by atoms with Gasteiger partial charge in [0, 0.05) is 17.4 Å². The standard InChI is InChI=1S/C15H15NO3/c1-10-3-8-13(19-2)9-14(10)16-12-6-4-11(5-7-12)15(17)18/h3-9,16H,1-2H3,(H,17,18). The lowest BCUT2D eigenvalue weighted by molar-refractivity contribution is 0.0697. The molecule has 2 aromatic rings. The van der Waals surface area contributed by atoms with Crippen LogP contribution in [-0.4, -0.2) is 18.2 Å². The second-order valence-electron chi connectivity index (χ2n) is 4.19. The first-order chi connectivity index (χ1) is 9.10. The van der Waals surface area contributed by atoms with E-state index in [4.69, 9.17) is 9.84 Å². The lowest BCUT2D eigenvalue weighted by atomic mass is 10.1. The second-order valence-corrected chi connectivity index (χ2v) is 4.19. The van der Waals surface area contributed by atoms with Gasteiger partial charge in [-0.25, -0.2) is 4.79 Å². The van der Waals surface area contributed by atoms with Crippen molar-refractivity contribution in [3.05, 3.63) is 53.6 Å². The van der Waals surface area contributed by atoms with E-state index < -0.39 is 5.97 Å². The van der Waals surface area contributed by atoms with E-state index >= 15 is 0 Å². The van der Waals surface area contributed by atoms with E-state index in [-0.39, 0.29) is 5.56 Å². The third-order valence-electron chi connectivity index (χ3n) is 2.86. The Bertz CT molecular complexity index is 591. The summed E-state index contributed by atoms with van der Waals surface area (Å²) < 4.78 is 5.18. The Balaban J connectivity index is 2.23. The van der Waals surface area contributed by atoms with Crippen LogP contribution in [-0.2, 0) is 0 Å². The highest BCUT2D eigenvalue weighted by Gasteiger charge is 2.04. The van der Waals surface area contributed by atoms with Crippen molar-refractivity contribution in [3.8, 4) is 5.75 Å². The third kappa shape index (κ3) is 3.04. The number of hydrogen-bond acceptors (Lipinski definition) is 3. The highest BCUT2D eigenvalue weighted by atomic mass is 16.5. The van der Waals surface area contributed by atoms with Crippen LogP contribution in [0.15, 0.2) is 42.5 Å². The van der Waals surface area contributed by atoms with E-state index in [9.17, 15) is 4.79 Å². The molecule has 19 heavy (non-hydrogen) atoms. The van der Waals surface area contributed by atoms with Crippen LogP contribution in [0.1, 0.15) is 15.9 Å². The van der Waals surface area contributed by atoms with E-state index in [0.717, 1.165) is 22.7 Å². The van der Waals surface area contributed by atoms with Crippen molar-refractivity contribution in [2.45, 2.75) is 6.92 Å². The summed E-state index contributed by atoms with van der Waals surface area (Å²) in [6, 6.07) is 12.4. The van der Waals surface area contributed by atoms with Crippen LogP contribution >= 0.6 is 0 Å². The number of carboxylic acid groups (broad SMARTS) is 1. The fourth-order valence-electron chi connectivity index (χ4n) is 1.71. The number of rotatable bonds is 4. The first kappa shape index (κ1) is 13.0. The molecule has 4 nitrogen and oxygen atoms in total. The maximum absolute atomic E-state index is 10.8. The van der Waals surface area contributed by atoms with E-state index in [1.807, 2.05) is 25.1 Å². The number of anilines is 2. The molecule has 0 aliphatic rings. The summed E-state index contributed by atoms with van der Waals surface area (Å²) >= 11 is 0. The number of methoxy groups -OCH3 is 1. The van der Waals surface area contributed by atoms with E-state index in [0.29, 0.717) is 0 Å². The van der Waals surface area contributed by atoms with Crippen molar-refractivity contribution >= 4 is 17.3 Å². The van der Waals surface area contributed by atoms with E-state index in [1.165, 1.54) is 0 Å². The van der Waals surface area contributed by atoms with Gasteiger partial charge in [0.2, 0.25) is 0 Å². The van der Waals surface area contributed by atoms with Gasteiger partial charge in [0.1, 0.15) is 5.75 Å². The van der Waals surface area contributed by atoms with E-state index in [2.05, 4.69) is 5.32 Å². The van der Waals surface area contributed by atoms with Crippen LogP contribution in [0.2, 0.25) is 0 Å². The molecule has 0 fully saturated rings. The molecule has 0 saturated heterocycles. The number of aromatic carboxylic acids is 1. The first-order valence-corrected chi connectivity index (χ1v) is 5.85. The molecule has 0 amide bonds. The average molecular weight is 257 g/mol. The summed E-state index contributed by atoms with van der Waals surface area (Å²) in [5, 5.41) is 12.1. The van der Waals surface area contributed by atoms with E-state index in [1.54, 1.807) is 31.4 Å². The lowest BCUT2D eigenvalue weighted by Gasteiger charge is -2.11. The normalized spacial score (nSPS) is 10.0. The molecule has 0 aliphatic heterocycles. The van der Waals surface area contributed by atoms with Gasteiger partial charge in [0.25, 0.3) is 0 Å². The SMILES string of the molecule is COc1ccc(C)c(Nc2ccc(C(=O)O)cc2)c1. The van der Waals surface area contributed by atoms with Crippen LogP contribution in [0.5, 0.6) is 5.75 Å². The molecular weight excluding hydrogens is 242 g/mol. The predicted octanol–water partition coefficient (Wildman–Crippen LogP) is 3.45. The number of carboxylic acids is 1. The van der Waals surface area contributed by atoms with Gasteiger partial charge in [-0.2, -0.15) is 0 Å². The minimum atomic E-state index is -0.927. The van der Waals surface area contributed by atoms with Crippen molar-refractivity contribution in [2.24, 2.45) is 0 Å². The van der Waals surface area contributed by atoms with Crippen molar-refractivity contribution in [1.82, 2.24) is 0 Å². The minimum absolute atomic E-state index is 0.271. The molecule has 2 rings (SSSR count). The molecular formula is C15H15NO3. The average Bonchev–Trinajstić information content (AvgIpc) is 2.42. The van der Waals surface area contributed by atoms with Crippen molar-refractivity contribution in [3.63, 3.8) is 0 Å². The van der Waals surface area contributed by atoms with Gasteiger partial charge in [0.15, 0.2) is 0 Å². The number of ether oxygens (including phenoxy) is 1. The molecule has 0 bridgehead atoms. The van der Waals surface area contributed by atoms with Crippen LogP contribution in [0.3, 0.4) is 0 Å². The zero-order valence-corrected chi connectivity index (χ0v) is 10.8. The van der Waals surface area contributed by atoms with Crippen molar-refractivity contribution in [2.75, 3.05) is 12.4 Å². The summed E-state index contributed by atoms with van der Waals surface area (Å²) in [4.78, 5) is 10.8. The molecule has 2 N–H and O–H groups in total. The van der Waals surface area contributed by atoms with Crippen molar-refractivity contribution in [1.29, 1.82) is 0 Å². The molecule has 4 heteroatoms. The summed E-state index contributed by atoms with van der Waals surface area (Å²) in [5.41, 5.74) is 3.12. The van der Waals surface area contributed by atoms with Gasteiger partial charge in [-0.15, -0.1) is 0 Å². The fraction of sp³-hybridized carbons (Fsp3) is 0.133. The second kappa shape index (κ2) is 5.44. The molecule has 0 spiro atoms. The molecule has 0 unspecified atom stereocenters. The smallest absolute Gasteiger partial charge is 0.335 e. The maximum Gasteiger partial charge on any atom is 0.335 e. The van der Waals surface area contributed by atoms with Gasteiger partial charge >= 0.3 is 5.97 Å². The zero-order chi connectivity index (χ0) is 13.8. The number of hydrogen-bond donors (Lipinski definition) is 2. The molecule has 0 saturated carbocycles. The largest absolute Gasteiger partial charge is 0.497 e. The van der Waals surface area contributed by atoms with Crippen LogP contribution < -0.4 is 10.1 Å². The Morgan fingerprint density at radius 2 is 1.84 bits per heavy atom. The fourth-order valence-corrected chi connectivity index (χ4v) is 1.71. The first-order valence-electron chi connectivity index (χ1n) is 5.85. The Labute approximate surface area is 111 Å². The van der Waals surface area contributed by atoms with Crippen LogP contribution in [0, 0.1) is 6.92 Å². The van der Waals surface area contributed by atoms with Gasteiger partial charge in [-0.05, 0) is 42.8 Å². The summed E-state index contributed by atoms with van der Waals surface area (Å²) in [6.07, 6.45) is 0. The quantitative estimate of drug-likeness (QED) is 0.880. The number of carbonyl (C=O) groups is 1. The highest BCUT2D eigenvalue weighted by Crippen LogP contribution is 2.25. The summed E-state index contributed by atoms with van der Waals surface area (Å²) in [7, 11) is 1.62. The molecule has 0 heterocycles. The Morgan fingerprint density at radius 3 is 2.42 bits per heavy atom. The van der Waals surface area contributed by atoms with Gasteiger partial charge in [0.05, 0.1) is 12.7 Å². The molecule has 98 valence electrons. The Morgan fingerprint density at radius 1 is 1.16 bits per heavy atom. The van der Waals surface area contributed by atoms with Crippen LogP contribution in [0.4, 0.5) is 11.4 Å². The Hall–Kier alpha value is -2.49. The third-order valence-corrected chi connectivity index (χ3v) is 2.86. The minimum Gasteiger partial charge on any atom is -0.497 e. The monoisotopic (exact) mass is 257 g/mol. The summed E-state index contributed by atoms with van der Waals surface area (Å²) in [5.74, 6) is -0.153. The molecule has 0 radical (unpaired) electrons. The Kier molecular flexibility index (Phi) is 3.71. The number of benzene rings is 2. The van der Waals surface area contributed by atoms with Gasteiger partial charge in [-0.3, -0.25) is 0 Å².